The lowest BCUT2D eigenvalue weighted by molar-refractivity contribution is -0.146. The van der Waals surface area contributed by atoms with Gasteiger partial charge in [0.25, 0.3) is 0 Å². The molecule has 1 aliphatic carbocycles. The number of carbonyl (C=O) groups excluding carboxylic acids is 3. The lowest BCUT2D eigenvalue weighted by Crippen LogP contribution is -2.46. The van der Waals surface area contributed by atoms with Crippen LogP contribution in [0.2, 0.25) is 0 Å². The van der Waals surface area contributed by atoms with E-state index in [0.717, 1.165) is 9.60 Å². The summed E-state index contributed by atoms with van der Waals surface area (Å²) in [6.45, 7) is 2.55. The van der Waals surface area contributed by atoms with Crippen molar-refractivity contribution >= 4 is 44.4 Å². The van der Waals surface area contributed by atoms with Crippen LogP contribution in [0, 0.1) is 11.8 Å². The van der Waals surface area contributed by atoms with Crippen molar-refractivity contribution < 1.29 is 23.9 Å². The van der Waals surface area contributed by atoms with Crippen LogP contribution in [0.4, 0.5) is 5.13 Å². The third kappa shape index (κ3) is 2.96. The number of likely N-dealkylation sites (tertiary alicyclic amines) is 1. The van der Waals surface area contributed by atoms with Gasteiger partial charge in [-0.15, -0.1) is 0 Å². The zero-order valence-corrected chi connectivity index (χ0v) is 16.5. The zero-order chi connectivity index (χ0) is 20.1. The molecule has 3 heterocycles. The molecule has 150 valence electrons. The predicted molar refractivity (Wildman–Crippen MR) is 106 cm³/mol. The van der Waals surface area contributed by atoms with E-state index in [4.69, 9.17) is 9.47 Å². The molecule has 29 heavy (non-hydrogen) atoms. The van der Waals surface area contributed by atoms with E-state index in [1.54, 1.807) is 13.0 Å². The molecule has 2 aliphatic heterocycles. The van der Waals surface area contributed by atoms with Crippen LogP contribution >= 0.6 is 11.3 Å². The summed E-state index contributed by atoms with van der Waals surface area (Å²) in [7, 11) is 0. The Bertz CT molecular complexity index is 993. The van der Waals surface area contributed by atoms with Gasteiger partial charge in [0.05, 0.1) is 22.1 Å². The summed E-state index contributed by atoms with van der Waals surface area (Å²) >= 11 is 1.30. The number of allylic oxidation sites excluding steroid dienone is 2. The SMILES string of the molecule is C[C@H](C(=O)Nc1nc2cc3c(cc2s1)OCCO3)N1C(=O)[C@H]2CC=CC[C@H]2C1=O. The van der Waals surface area contributed by atoms with Gasteiger partial charge >= 0.3 is 0 Å². The van der Waals surface area contributed by atoms with Crippen LogP contribution in [0.15, 0.2) is 24.3 Å². The molecule has 5 rings (SSSR count). The number of carbonyl (C=O) groups is 3. The molecule has 0 bridgehead atoms. The molecule has 3 atom stereocenters. The Balaban J connectivity index is 1.35. The molecule has 9 heteroatoms. The average Bonchev–Trinajstić information content (AvgIpc) is 3.23. The second-order valence-corrected chi connectivity index (χ2v) is 8.38. The Morgan fingerprint density at radius 2 is 1.76 bits per heavy atom. The molecule has 0 spiro atoms. The number of anilines is 1. The number of benzene rings is 1. The first-order chi connectivity index (χ1) is 14.0. The minimum absolute atomic E-state index is 0.265. The van der Waals surface area contributed by atoms with Gasteiger partial charge in [0.1, 0.15) is 19.3 Å². The fourth-order valence-electron chi connectivity index (χ4n) is 4.05. The van der Waals surface area contributed by atoms with E-state index in [-0.39, 0.29) is 23.7 Å². The molecule has 0 unspecified atom stereocenters. The summed E-state index contributed by atoms with van der Waals surface area (Å²) in [5.74, 6) is -0.382. The maximum atomic E-state index is 12.8. The number of ether oxygens (including phenoxy) is 2. The van der Waals surface area contributed by atoms with Gasteiger partial charge in [-0.05, 0) is 19.8 Å². The molecule has 1 aromatic heterocycles. The van der Waals surface area contributed by atoms with Gasteiger partial charge in [-0.3, -0.25) is 19.3 Å². The highest BCUT2D eigenvalue weighted by molar-refractivity contribution is 7.22. The topological polar surface area (TPSA) is 97.8 Å². The molecule has 3 amide bonds. The Kier molecular flexibility index (Phi) is 4.27. The van der Waals surface area contributed by atoms with E-state index >= 15 is 0 Å². The van der Waals surface area contributed by atoms with Crippen molar-refractivity contribution in [3.05, 3.63) is 24.3 Å². The van der Waals surface area contributed by atoms with Crippen molar-refractivity contribution in [3.63, 3.8) is 0 Å². The molecule has 8 nitrogen and oxygen atoms in total. The number of nitrogens with one attached hydrogen (secondary N) is 1. The minimum atomic E-state index is -0.896. The Hall–Kier alpha value is -2.94. The van der Waals surface area contributed by atoms with Gasteiger partial charge in [-0.1, -0.05) is 23.5 Å². The molecular weight excluding hydrogens is 394 g/mol. The number of thiazole rings is 1. The van der Waals surface area contributed by atoms with Crippen LogP contribution in [0.3, 0.4) is 0 Å². The normalized spacial score (nSPS) is 24.0. The maximum absolute atomic E-state index is 12.8. The number of rotatable bonds is 3. The molecule has 1 aromatic carbocycles. The highest BCUT2D eigenvalue weighted by Crippen LogP contribution is 2.39. The summed E-state index contributed by atoms with van der Waals surface area (Å²) < 4.78 is 12.0. The summed E-state index contributed by atoms with van der Waals surface area (Å²) in [4.78, 5) is 43.7. The van der Waals surface area contributed by atoms with Crippen LogP contribution < -0.4 is 14.8 Å². The van der Waals surface area contributed by atoms with Crippen molar-refractivity contribution in [3.8, 4) is 11.5 Å². The van der Waals surface area contributed by atoms with Gasteiger partial charge in [0.15, 0.2) is 16.6 Å². The summed E-state index contributed by atoms with van der Waals surface area (Å²) in [5, 5.41) is 3.15. The van der Waals surface area contributed by atoms with Crippen LogP contribution in [-0.4, -0.2) is 46.9 Å². The molecule has 1 saturated heterocycles. The fraction of sp³-hybridized carbons (Fsp3) is 0.400. The first-order valence-corrected chi connectivity index (χ1v) is 10.4. The second-order valence-electron chi connectivity index (χ2n) is 7.35. The molecule has 1 N–H and O–H groups in total. The smallest absolute Gasteiger partial charge is 0.249 e. The molecule has 1 fully saturated rings. The van der Waals surface area contributed by atoms with Crippen LogP contribution in [0.1, 0.15) is 19.8 Å². The first kappa shape index (κ1) is 18.1. The summed E-state index contributed by atoms with van der Waals surface area (Å²) in [6, 6.07) is 2.73. The van der Waals surface area contributed by atoms with Crippen molar-refractivity contribution in [2.24, 2.45) is 11.8 Å². The van der Waals surface area contributed by atoms with Crippen LogP contribution in [0.5, 0.6) is 11.5 Å². The van der Waals surface area contributed by atoms with Crippen molar-refractivity contribution in [1.29, 1.82) is 0 Å². The zero-order valence-electron chi connectivity index (χ0n) is 15.7. The number of amides is 3. The maximum Gasteiger partial charge on any atom is 0.249 e. The summed E-state index contributed by atoms with van der Waals surface area (Å²) in [5.41, 5.74) is 0.688. The van der Waals surface area contributed by atoms with Gasteiger partial charge in [0.2, 0.25) is 17.7 Å². The summed E-state index contributed by atoms with van der Waals surface area (Å²) in [6.07, 6.45) is 4.95. The number of fused-ring (bicyclic) bond motifs is 3. The largest absolute Gasteiger partial charge is 0.486 e. The average molecular weight is 413 g/mol. The monoisotopic (exact) mass is 413 g/mol. The van der Waals surface area contributed by atoms with Crippen molar-refractivity contribution in [2.75, 3.05) is 18.5 Å². The van der Waals surface area contributed by atoms with Crippen molar-refractivity contribution in [2.45, 2.75) is 25.8 Å². The van der Waals surface area contributed by atoms with E-state index in [0.29, 0.717) is 48.2 Å². The highest BCUT2D eigenvalue weighted by Gasteiger charge is 2.50. The van der Waals surface area contributed by atoms with E-state index in [9.17, 15) is 14.4 Å². The first-order valence-electron chi connectivity index (χ1n) is 9.56. The molecule has 0 saturated carbocycles. The predicted octanol–water partition coefficient (Wildman–Crippen LogP) is 2.35. The van der Waals surface area contributed by atoms with E-state index < -0.39 is 11.9 Å². The van der Waals surface area contributed by atoms with Gasteiger partial charge in [-0.25, -0.2) is 4.98 Å². The number of hydrogen-bond acceptors (Lipinski definition) is 7. The Morgan fingerprint density at radius 1 is 1.14 bits per heavy atom. The van der Waals surface area contributed by atoms with Gasteiger partial charge in [-0.2, -0.15) is 0 Å². The van der Waals surface area contributed by atoms with Crippen molar-refractivity contribution in [1.82, 2.24) is 9.88 Å². The van der Waals surface area contributed by atoms with E-state index in [2.05, 4.69) is 10.3 Å². The van der Waals surface area contributed by atoms with E-state index in [1.165, 1.54) is 11.3 Å². The van der Waals surface area contributed by atoms with Crippen LogP contribution in [0.25, 0.3) is 10.2 Å². The molecule has 2 aromatic rings. The Morgan fingerprint density at radius 3 is 2.41 bits per heavy atom. The lowest BCUT2D eigenvalue weighted by atomic mass is 9.85. The standard InChI is InChI=1S/C20H19N3O5S/c1-10(23-18(25)11-4-2-3-5-12(11)19(23)26)17(24)22-20-21-13-8-14-15(9-16(13)29-20)28-7-6-27-14/h2-3,8-12H,4-7H2,1H3,(H,21,22,24)/t10-,11-,12+/m1/s1. The number of nitrogens with zero attached hydrogens (tertiary/aromatic N) is 2. The Labute approximate surface area is 170 Å². The highest BCUT2D eigenvalue weighted by atomic mass is 32.1. The lowest BCUT2D eigenvalue weighted by Gasteiger charge is -2.21. The molecular formula is C20H19N3O5S. The van der Waals surface area contributed by atoms with Gasteiger partial charge in [0, 0.05) is 12.1 Å². The second kappa shape index (κ2) is 6.84. The van der Waals surface area contributed by atoms with E-state index in [1.807, 2.05) is 18.2 Å². The molecule has 0 radical (unpaired) electrons. The minimum Gasteiger partial charge on any atom is -0.486 e. The van der Waals surface area contributed by atoms with Crippen LogP contribution in [-0.2, 0) is 14.4 Å². The third-order valence-electron chi connectivity index (χ3n) is 5.59. The number of imide groups is 1. The number of aromatic nitrogens is 1. The molecule has 3 aliphatic rings. The fourth-order valence-corrected chi connectivity index (χ4v) is 4.93. The third-order valence-corrected chi connectivity index (χ3v) is 6.52. The number of hydrogen-bond donors (Lipinski definition) is 1. The van der Waals surface area contributed by atoms with Gasteiger partial charge < -0.3 is 14.8 Å². The quantitative estimate of drug-likeness (QED) is 0.613.